The number of aryl methyl sites for hydroxylation is 1. The molecule has 0 N–H and O–H groups in total. The van der Waals surface area contributed by atoms with E-state index in [-0.39, 0.29) is 18.3 Å². The van der Waals surface area contributed by atoms with E-state index in [0.29, 0.717) is 48.9 Å². The van der Waals surface area contributed by atoms with Crippen molar-refractivity contribution in [2.75, 3.05) is 20.2 Å². The van der Waals surface area contributed by atoms with Crippen LogP contribution in [0.1, 0.15) is 32.4 Å². The SMILES string of the molecule is COc1ccc(-c2nccc3c(OC4CCN(C(=O)OC(C)C)CC4)ncnc23)c(C)n1. The molecule has 3 aromatic rings. The number of ether oxygens (including phenoxy) is 3. The molecule has 9 nitrogen and oxygen atoms in total. The number of piperidine rings is 1. The first kappa shape index (κ1) is 21.7. The zero-order valence-corrected chi connectivity index (χ0v) is 18.7. The number of carbonyl (C=O) groups is 1. The second-order valence-corrected chi connectivity index (χ2v) is 7.96. The third-order valence-corrected chi connectivity index (χ3v) is 5.36. The highest BCUT2D eigenvalue weighted by Gasteiger charge is 2.26. The largest absolute Gasteiger partial charge is 0.481 e. The van der Waals surface area contributed by atoms with E-state index in [1.165, 1.54) is 6.33 Å². The van der Waals surface area contributed by atoms with Gasteiger partial charge in [0.15, 0.2) is 0 Å². The molecule has 0 atom stereocenters. The second kappa shape index (κ2) is 9.33. The molecule has 0 aromatic carbocycles. The van der Waals surface area contributed by atoms with Crippen LogP contribution in [0.2, 0.25) is 0 Å². The Kier molecular flexibility index (Phi) is 6.34. The normalized spacial score (nSPS) is 14.6. The smallest absolute Gasteiger partial charge is 0.410 e. The van der Waals surface area contributed by atoms with Crippen LogP contribution in [0.4, 0.5) is 4.79 Å². The molecule has 1 aliphatic rings. The monoisotopic (exact) mass is 437 g/mol. The van der Waals surface area contributed by atoms with Crippen molar-refractivity contribution in [1.29, 1.82) is 0 Å². The number of carbonyl (C=O) groups excluding carboxylic acids is 1. The Hall–Kier alpha value is -3.49. The Morgan fingerprint density at radius 1 is 1.12 bits per heavy atom. The summed E-state index contributed by atoms with van der Waals surface area (Å²) in [5.74, 6) is 1.06. The van der Waals surface area contributed by atoms with Crippen molar-refractivity contribution in [3.63, 3.8) is 0 Å². The second-order valence-electron chi connectivity index (χ2n) is 7.96. The summed E-state index contributed by atoms with van der Waals surface area (Å²) in [6.45, 7) is 6.78. The number of hydrogen-bond donors (Lipinski definition) is 0. The Balaban J connectivity index is 1.54. The third-order valence-electron chi connectivity index (χ3n) is 5.36. The molecule has 9 heteroatoms. The van der Waals surface area contributed by atoms with Crippen LogP contribution in [-0.4, -0.2) is 63.3 Å². The summed E-state index contributed by atoms with van der Waals surface area (Å²) in [7, 11) is 1.59. The summed E-state index contributed by atoms with van der Waals surface area (Å²) in [4.78, 5) is 31.7. The van der Waals surface area contributed by atoms with E-state index in [2.05, 4.69) is 19.9 Å². The van der Waals surface area contributed by atoms with E-state index in [1.807, 2.05) is 32.9 Å². The van der Waals surface area contributed by atoms with Gasteiger partial charge in [0.2, 0.25) is 11.8 Å². The summed E-state index contributed by atoms with van der Waals surface area (Å²) in [5.41, 5.74) is 3.09. The summed E-state index contributed by atoms with van der Waals surface area (Å²) in [5, 5.41) is 0.786. The van der Waals surface area contributed by atoms with E-state index in [4.69, 9.17) is 14.2 Å². The predicted molar refractivity (Wildman–Crippen MR) is 119 cm³/mol. The molecular weight excluding hydrogens is 410 g/mol. The van der Waals surface area contributed by atoms with E-state index in [0.717, 1.165) is 16.6 Å². The summed E-state index contributed by atoms with van der Waals surface area (Å²) in [6, 6.07) is 5.59. The van der Waals surface area contributed by atoms with Crippen LogP contribution in [-0.2, 0) is 4.74 Å². The van der Waals surface area contributed by atoms with E-state index < -0.39 is 0 Å². The summed E-state index contributed by atoms with van der Waals surface area (Å²) in [6.07, 6.45) is 4.18. The van der Waals surface area contributed by atoms with E-state index in [9.17, 15) is 4.79 Å². The summed E-state index contributed by atoms with van der Waals surface area (Å²) >= 11 is 0. The van der Waals surface area contributed by atoms with Crippen molar-refractivity contribution in [3.05, 3.63) is 36.4 Å². The van der Waals surface area contributed by atoms with Crippen LogP contribution >= 0.6 is 0 Å². The van der Waals surface area contributed by atoms with Crippen LogP contribution in [0.15, 0.2) is 30.7 Å². The van der Waals surface area contributed by atoms with Gasteiger partial charge >= 0.3 is 6.09 Å². The number of fused-ring (bicyclic) bond motifs is 1. The molecular formula is C23H27N5O4. The maximum absolute atomic E-state index is 12.1. The molecule has 1 fully saturated rings. The quantitative estimate of drug-likeness (QED) is 0.594. The zero-order chi connectivity index (χ0) is 22.7. The number of hydrogen-bond acceptors (Lipinski definition) is 8. The first-order chi connectivity index (χ1) is 15.5. The average molecular weight is 438 g/mol. The summed E-state index contributed by atoms with van der Waals surface area (Å²) < 4.78 is 16.7. The molecule has 4 heterocycles. The molecule has 3 aromatic heterocycles. The minimum absolute atomic E-state index is 0.0443. The molecule has 0 spiro atoms. The van der Waals surface area contributed by atoms with E-state index >= 15 is 0 Å². The molecule has 4 rings (SSSR count). The minimum Gasteiger partial charge on any atom is -0.481 e. The molecule has 0 saturated carbocycles. The van der Waals surface area contributed by atoms with Gasteiger partial charge in [0.1, 0.15) is 17.9 Å². The lowest BCUT2D eigenvalue weighted by Gasteiger charge is -2.31. The number of nitrogens with zero attached hydrogens (tertiary/aromatic N) is 5. The fourth-order valence-corrected chi connectivity index (χ4v) is 3.75. The molecule has 32 heavy (non-hydrogen) atoms. The van der Waals surface area contributed by atoms with Crippen LogP contribution < -0.4 is 9.47 Å². The van der Waals surface area contributed by atoms with Gasteiger partial charge in [0, 0.05) is 43.8 Å². The van der Waals surface area contributed by atoms with Gasteiger partial charge in [-0.05, 0) is 32.9 Å². The molecule has 1 saturated heterocycles. The Labute approximate surface area is 186 Å². The third kappa shape index (κ3) is 4.56. The van der Waals surface area contributed by atoms with Crippen molar-refractivity contribution in [2.45, 2.75) is 45.8 Å². The van der Waals surface area contributed by atoms with Crippen LogP contribution in [0, 0.1) is 6.92 Å². The fourth-order valence-electron chi connectivity index (χ4n) is 3.75. The predicted octanol–water partition coefficient (Wildman–Crippen LogP) is 3.79. The van der Waals surface area contributed by atoms with Crippen LogP contribution in [0.3, 0.4) is 0 Å². The van der Waals surface area contributed by atoms with Gasteiger partial charge in [0.25, 0.3) is 0 Å². The van der Waals surface area contributed by atoms with Gasteiger partial charge in [-0.2, -0.15) is 0 Å². The van der Waals surface area contributed by atoms with Crippen LogP contribution in [0.25, 0.3) is 22.2 Å². The highest BCUT2D eigenvalue weighted by Crippen LogP contribution is 2.32. The molecule has 0 bridgehead atoms. The number of methoxy groups -OCH3 is 1. The molecule has 1 aliphatic heterocycles. The van der Waals surface area contributed by atoms with Gasteiger partial charge < -0.3 is 19.1 Å². The minimum atomic E-state index is -0.273. The van der Waals surface area contributed by atoms with E-state index in [1.54, 1.807) is 24.3 Å². The maximum atomic E-state index is 12.1. The van der Waals surface area contributed by atoms with Gasteiger partial charge in [-0.1, -0.05) is 0 Å². The lowest BCUT2D eigenvalue weighted by Crippen LogP contribution is -2.42. The first-order valence-electron chi connectivity index (χ1n) is 10.7. The number of amides is 1. The lowest BCUT2D eigenvalue weighted by molar-refractivity contribution is 0.0511. The topological polar surface area (TPSA) is 99.6 Å². The Morgan fingerprint density at radius 3 is 2.59 bits per heavy atom. The molecule has 0 radical (unpaired) electrons. The van der Waals surface area contributed by atoms with Gasteiger partial charge in [-0.25, -0.2) is 19.7 Å². The number of likely N-dealkylation sites (tertiary alicyclic amines) is 1. The molecule has 168 valence electrons. The highest BCUT2D eigenvalue weighted by atomic mass is 16.6. The Bertz CT molecular complexity index is 1110. The van der Waals surface area contributed by atoms with Crippen molar-refractivity contribution < 1.29 is 19.0 Å². The molecule has 0 aliphatic carbocycles. The van der Waals surface area contributed by atoms with Crippen molar-refractivity contribution in [2.24, 2.45) is 0 Å². The number of aromatic nitrogens is 4. The highest BCUT2D eigenvalue weighted by molar-refractivity contribution is 5.94. The van der Waals surface area contributed by atoms with Gasteiger partial charge in [0.05, 0.1) is 30.0 Å². The zero-order valence-electron chi connectivity index (χ0n) is 18.7. The van der Waals surface area contributed by atoms with Crippen LogP contribution in [0.5, 0.6) is 11.8 Å². The van der Waals surface area contributed by atoms with Crippen molar-refractivity contribution in [3.8, 4) is 23.0 Å². The fraction of sp³-hybridized carbons (Fsp3) is 0.435. The number of pyridine rings is 2. The standard InChI is InChI=1S/C23H27N5O4/c1-14(2)31-23(29)28-11-8-16(9-12-28)32-22-18-7-10-24-20(21(18)25-13-26-22)17-5-6-19(30-4)27-15(17)3/h5-7,10,13-14,16H,8-9,11-12H2,1-4H3. The van der Waals surface area contributed by atoms with Crippen molar-refractivity contribution in [1.82, 2.24) is 24.8 Å². The average Bonchev–Trinajstić information content (AvgIpc) is 2.79. The van der Waals surface area contributed by atoms with Gasteiger partial charge in [-0.3, -0.25) is 4.98 Å². The van der Waals surface area contributed by atoms with Crippen molar-refractivity contribution >= 4 is 17.0 Å². The number of rotatable bonds is 5. The maximum Gasteiger partial charge on any atom is 0.410 e. The first-order valence-corrected chi connectivity index (χ1v) is 10.7. The lowest BCUT2D eigenvalue weighted by atomic mass is 10.1. The molecule has 1 amide bonds. The Morgan fingerprint density at radius 2 is 1.91 bits per heavy atom. The molecule has 0 unspecified atom stereocenters. The van der Waals surface area contributed by atoms with Gasteiger partial charge in [-0.15, -0.1) is 0 Å².